The number of anilines is 1. The summed E-state index contributed by atoms with van der Waals surface area (Å²) in [5, 5.41) is 0. The SMILES string of the molecule is COC(=O)C1=C(C)N(c2cccc(C)c2)C(=O)/C1=C\c1cc(OC)c(OC)c(OC)c1. The fraction of sp³-hybridized carbons (Fsp3) is 0.250. The molecule has 1 amide bonds. The Morgan fingerprint density at radius 3 is 2.10 bits per heavy atom. The van der Waals surface area contributed by atoms with Crippen molar-refractivity contribution in [2.75, 3.05) is 33.3 Å². The van der Waals surface area contributed by atoms with Gasteiger partial charge in [0.2, 0.25) is 5.75 Å². The predicted molar refractivity (Wildman–Crippen MR) is 117 cm³/mol. The van der Waals surface area contributed by atoms with Crippen LogP contribution < -0.4 is 19.1 Å². The number of methoxy groups -OCH3 is 4. The fourth-order valence-corrected chi connectivity index (χ4v) is 3.61. The topological polar surface area (TPSA) is 74.3 Å². The highest BCUT2D eigenvalue weighted by atomic mass is 16.5. The summed E-state index contributed by atoms with van der Waals surface area (Å²) < 4.78 is 21.1. The largest absolute Gasteiger partial charge is 0.493 e. The number of nitrogens with zero attached hydrogens (tertiary/aromatic N) is 1. The van der Waals surface area contributed by atoms with E-state index in [1.807, 2.05) is 31.2 Å². The molecule has 0 unspecified atom stereocenters. The van der Waals surface area contributed by atoms with Crippen LogP contribution in [0.1, 0.15) is 18.1 Å². The summed E-state index contributed by atoms with van der Waals surface area (Å²) in [7, 11) is 5.83. The number of carbonyl (C=O) groups is 2. The van der Waals surface area contributed by atoms with Gasteiger partial charge < -0.3 is 18.9 Å². The average Bonchev–Trinajstić information content (AvgIpc) is 3.01. The summed E-state index contributed by atoms with van der Waals surface area (Å²) in [5.41, 5.74) is 3.22. The van der Waals surface area contributed by atoms with E-state index < -0.39 is 5.97 Å². The number of carbonyl (C=O) groups excluding carboxylic acids is 2. The van der Waals surface area contributed by atoms with Crippen molar-refractivity contribution in [3.05, 3.63) is 64.4 Å². The zero-order chi connectivity index (χ0) is 22.7. The van der Waals surface area contributed by atoms with Crippen LogP contribution in [0.25, 0.3) is 6.08 Å². The molecule has 1 aliphatic heterocycles. The zero-order valence-electron chi connectivity index (χ0n) is 18.4. The van der Waals surface area contributed by atoms with Gasteiger partial charge in [0.15, 0.2) is 11.5 Å². The molecule has 0 bridgehead atoms. The van der Waals surface area contributed by atoms with E-state index in [1.54, 1.807) is 25.1 Å². The maximum absolute atomic E-state index is 13.4. The van der Waals surface area contributed by atoms with Crippen molar-refractivity contribution in [3.8, 4) is 17.2 Å². The summed E-state index contributed by atoms with van der Waals surface area (Å²) in [6.45, 7) is 3.67. The minimum atomic E-state index is -0.584. The minimum absolute atomic E-state index is 0.211. The molecule has 2 aromatic carbocycles. The molecule has 0 atom stereocenters. The summed E-state index contributed by atoms with van der Waals surface area (Å²) in [6.07, 6.45) is 1.62. The van der Waals surface area contributed by atoms with Gasteiger partial charge in [-0.15, -0.1) is 0 Å². The normalized spacial score (nSPS) is 14.8. The van der Waals surface area contributed by atoms with Gasteiger partial charge in [0.05, 0.1) is 39.6 Å². The lowest BCUT2D eigenvalue weighted by atomic mass is 10.0. The van der Waals surface area contributed by atoms with Crippen molar-refractivity contribution < 1.29 is 28.5 Å². The number of aryl methyl sites for hydroxylation is 1. The molecule has 31 heavy (non-hydrogen) atoms. The number of hydrogen-bond acceptors (Lipinski definition) is 6. The molecule has 1 aliphatic rings. The summed E-state index contributed by atoms with van der Waals surface area (Å²) in [4.78, 5) is 27.5. The highest BCUT2D eigenvalue weighted by Gasteiger charge is 2.38. The van der Waals surface area contributed by atoms with Crippen LogP contribution in [0.15, 0.2) is 53.2 Å². The van der Waals surface area contributed by atoms with Gasteiger partial charge in [0, 0.05) is 11.4 Å². The average molecular weight is 423 g/mol. The van der Waals surface area contributed by atoms with E-state index in [0.29, 0.717) is 34.2 Å². The van der Waals surface area contributed by atoms with Gasteiger partial charge in [-0.1, -0.05) is 12.1 Å². The van der Waals surface area contributed by atoms with E-state index >= 15 is 0 Å². The van der Waals surface area contributed by atoms with Gasteiger partial charge in [-0.25, -0.2) is 4.79 Å². The van der Waals surface area contributed by atoms with Crippen LogP contribution in [0.4, 0.5) is 5.69 Å². The van der Waals surface area contributed by atoms with Crippen molar-refractivity contribution in [1.29, 1.82) is 0 Å². The predicted octanol–water partition coefficient (Wildman–Crippen LogP) is 3.90. The molecule has 0 fully saturated rings. The molecule has 0 aliphatic carbocycles. The third-order valence-corrected chi connectivity index (χ3v) is 5.05. The third kappa shape index (κ3) is 3.99. The lowest BCUT2D eigenvalue weighted by Crippen LogP contribution is -2.24. The van der Waals surface area contributed by atoms with Crippen LogP contribution in [-0.4, -0.2) is 40.3 Å². The molecule has 1 heterocycles. The Morgan fingerprint density at radius 2 is 1.58 bits per heavy atom. The first-order valence-corrected chi connectivity index (χ1v) is 9.58. The van der Waals surface area contributed by atoms with Crippen molar-refractivity contribution in [3.63, 3.8) is 0 Å². The smallest absolute Gasteiger partial charge is 0.340 e. The maximum atomic E-state index is 13.4. The molecular formula is C24H25NO6. The lowest BCUT2D eigenvalue weighted by Gasteiger charge is -2.18. The molecule has 7 nitrogen and oxygen atoms in total. The number of rotatable bonds is 6. The van der Waals surface area contributed by atoms with Gasteiger partial charge >= 0.3 is 5.97 Å². The second-order valence-corrected chi connectivity index (χ2v) is 6.95. The molecule has 0 spiro atoms. The Morgan fingerprint density at radius 1 is 0.935 bits per heavy atom. The van der Waals surface area contributed by atoms with Crippen LogP contribution in [-0.2, 0) is 14.3 Å². The van der Waals surface area contributed by atoms with Crippen LogP contribution >= 0.6 is 0 Å². The molecule has 0 N–H and O–H groups in total. The van der Waals surface area contributed by atoms with Gasteiger partial charge in [-0.2, -0.15) is 0 Å². The van der Waals surface area contributed by atoms with Gasteiger partial charge in [0.25, 0.3) is 5.91 Å². The monoisotopic (exact) mass is 423 g/mol. The first-order valence-electron chi connectivity index (χ1n) is 9.58. The summed E-state index contributed by atoms with van der Waals surface area (Å²) in [5.74, 6) is 0.410. The van der Waals surface area contributed by atoms with Crippen molar-refractivity contribution >= 4 is 23.6 Å². The first kappa shape index (κ1) is 22.0. The molecule has 0 saturated heterocycles. The third-order valence-electron chi connectivity index (χ3n) is 5.05. The second kappa shape index (κ2) is 8.95. The Kier molecular flexibility index (Phi) is 6.34. The Bertz CT molecular complexity index is 1070. The van der Waals surface area contributed by atoms with Crippen LogP contribution in [0.3, 0.4) is 0 Å². The quantitative estimate of drug-likeness (QED) is 0.518. The number of ether oxygens (including phenoxy) is 4. The molecule has 7 heteroatoms. The molecule has 3 rings (SSSR count). The Balaban J connectivity index is 2.19. The summed E-state index contributed by atoms with van der Waals surface area (Å²) in [6, 6.07) is 10.9. The van der Waals surface area contributed by atoms with E-state index in [2.05, 4.69) is 0 Å². The van der Waals surface area contributed by atoms with E-state index in [-0.39, 0.29) is 17.1 Å². The standard InChI is InChI=1S/C24H25NO6/c1-14-8-7-9-17(10-14)25-15(2)21(24(27)31-6)18(23(25)26)11-16-12-19(28-3)22(30-5)20(13-16)29-4/h7-13H,1-6H3/b18-11-. The molecule has 0 aromatic heterocycles. The van der Waals surface area contributed by atoms with Crippen molar-refractivity contribution in [2.45, 2.75) is 13.8 Å². The van der Waals surface area contributed by atoms with E-state index in [4.69, 9.17) is 18.9 Å². The Labute approximate surface area is 181 Å². The van der Waals surface area contributed by atoms with E-state index in [1.165, 1.54) is 33.3 Å². The number of amides is 1. The first-order chi connectivity index (χ1) is 14.9. The second-order valence-electron chi connectivity index (χ2n) is 6.95. The van der Waals surface area contributed by atoms with E-state index in [0.717, 1.165) is 5.56 Å². The van der Waals surface area contributed by atoms with Crippen molar-refractivity contribution in [1.82, 2.24) is 0 Å². The number of esters is 1. The minimum Gasteiger partial charge on any atom is -0.493 e. The molecule has 2 aromatic rings. The lowest BCUT2D eigenvalue weighted by molar-refractivity contribution is -0.136. The maximum Gasteiger partial charge on any atom is 0.340 e. The molecule has 0 radical (unpaired) electrons. The van der Waals surface area contributed by atoms with Gasteiger partial charge in [-0.3, -0.25) is 9.69 Å². The summed E-state index contributed by atoms with van der Waals surface area (Å²) >= 11 is 0. The fourth-order valence-electron chi connectivity index (χ4n) is 3.61. The number of benzene rings is 2. The Hall–Kier alpha value is -3.74. The number of allylic oxidation sites excluding steroid dienone is 1. The van der Waals surface area contributed by atoms with Crippen LogP contribution in [0, 0.1) is 6.92 Å². The highest BCUT2D eigenvalue weighted by molar-refractivity contribution is 6.23. The van der Waals surface area contributed by atoms with E-state index in [9.17, 15) is 9.59 Å². The van der Waals surface area contributed by atoms with Crippen molar-refractivity contribution in [2.24, 2.45) is 0 Å². The molecular weight excluding hydrogens is 398 g/mol. The highest BCUT2D eigenvalue weighted by Crippen LogP contribution is 2.40. The van der Waals surface area contributed by atoms with Gasteiger partial charge in [-0.05, 0) is 55.3 Å². The van der Waals surface area contributed by atoms with Gasteiger partial charge in [0.1, 0.15) is 0 Å². The van der Waals surface area contributed by atoms with Crippen LogP contribution in [0.2, 0.25) is 0 Å². The molecule has 0 saturated carbocycles. The number of hydrogen-bond donors (Lipinski definition) is 0. The molecule has 162 valence electrons. The van der Waals surface area contributed by atoms with Crippen LogP contribution in [0.5, 0.6) is 17.2 Å². The zero-order valence-corrected chi connectivity index (χ0v) is 18.4.